The van der Waals surface area contributed by atoms with E-state index in [1.165, 1.54) is 17.5 Å². The number of alkyl halides is 1. The smallest absolute Gasteiger partial charge is 0.0237 e. The molecule has 0 bridgehead atoms. The van der Waals surface area contributed by atoms with Crippen molar-refractivity contribution in [2.75, 3.05) is 0 Å². The zero-order valence-corrected chi connectivity index (χ0v) is 11.8. The van der Waals surface area contributed by atoms with Crippen molar-refractivity contribution in [1.82, 2.24) is 0 Å². The van der Waals surface area contributed by atoms with Crippen molar-refractivity contribution < 1.29 is 0 Å². The number of rotatable bonds is 4. The third-order valence-corrected chi connectivity index (χ3v) is 4.98. The van der Waals surface area contributed by atoms with Crippen molar-refractivity contribution in [2.45, 2.75) is 45.4 Å². The number of halogens is 1. The van der Waals surface area contributed by atoms with Crippen LogP contribution in [0.5, 0.6) is 0 Å². The van der Waals surface area contributed by atoms with Crippen LogP contribution in [-0.2, 0) is 6.42 Å². The van der Waals surface area contributed by atoms with E-state index in [1.807, 2.05) is 0 Å². The molecular weight excluding hydrogens is 248 g/mol. The van der Waals surface area contributed by atoms with Gasteiger partial charge in [-0.15, -0.1) is 0 Å². The molecule has 0 radical (unpaired) electrons. The minimum absolute atomic E-state index is 0.363. The molecule has 0 spiro atoms. The van der Waals surface area contributed by atoms with E-state index in [-0.39, 0.29) is 0 Å². The first-order valence-electron chi connectivity index (χ1n) is 5.66. The number of benzene rings is 1. The maximum absolute atomic E-state index is 3.83. The van der Waals surface area contributed by atoms with Gasteiger partial charge in [0.05, 0.1) is 0 Å². The molecule has 0 aromatic heterocycles. The van der Waals surface area contributed by atoms with E-state index in [0.717, 1.165) is 6.42 Å². The Hall–Kier alpha value is -0.300. The second-order valence-corrected chi connectivity index (χ2v) is 6.05. The second-order valence-electron chi connectivity index (χ2n) is 4.94. The van der Waals surface area contributed by atoms with Gasteiger partial charge in [0.1, 0.15) is 0 Å². The SMILES string of the molecule is CCC(C)(C)C(Br)Cc1ccccc1C. The van der Waals surface area contributed by atoms with E-state index >= 15 is 0 Å². The Morgan fingerprint density at radius 1 is 1.27 bits per heavy atom. The third-order valence-electron chi connectivity index (χ3n) is 3.42. The fourth-order valence-electron chi connectivity index (χ4n) is 1.53. The zero-order valence-electron chi connectivity index (χ0n) is 10.2. The van der Waals surface area contributed by atoms with Gasteiger partial charge >= 0.3 is 0 Å². The number of aryl methyl sites for hydroxylation is 1. The zero-order chi connectivity index (χ0) is 11.5. The van der Waals surface area contributed by atoms with Gasteiger partial charge in [-0.2, -0.15) is 0 Å². The van der Waals surface area contributed by atoms with Gasteiger partial charge in [-0.3, -0.25) is 0 Å². The standard InChI is InChI=1S/C14H21Br/c1-5-14(3,4)13(15)10-12-9-7-6-8-11(12)2/h6-9,13H,5,10H2,1-4H3. The molecule has 1 rings (SSSR count). The predicted molar refractivity (Wildman–Crippen MR) is 71.7 cm³/mol. The Balaban J connectivity index is 2.75. The maximum Gasteiger partial charge on any atom is 0.0237 e. The van der Waals surface area contributed by atoms with E-state index in [2.05, 4.69) is 67.9 Å². The normalized spacial score (nSPS) is 13.9. The summed E-state index contributed by atoms with van der Waals surface area (Å²) in [5, 5.41) is 0. The highest BCUT2D eigenvalue weighted by Gasteiger charge is 2.25. The molecule has 0 N–H and O–H groups in total. The Labute approximate surface area is 102 Å². The van der Waals surface area contributed by atoms with Gasteiger partial charge in [-0.1, -0.05) is 61.0 Å². The quantitative estimate of drug-likeness (QED) is 0.693. The van der Waals surface area contributed by atoms with Crippen LogP contribution in [0.1, 0.15) is 38.3 Å². The summed E-state index contributed by atoms with van der Waals surface area (Å²) in [6, 6.07) is 8.65. The highest BCUT2D eigenvalue weighted by Crippen LogP contribution is 2.33. The fraction of sp³-hybridized carbons (Fsp3) is 0.571. The van der Waals surface area contributed by atoms with E-state index in [1.54, 1.807) is 0 Å². The first-order valence-corrected chi connectivity index (χ1v) is 6.57. The molecule has 0 nitrogen and oxygen atoms in total. The lowest BCUT2D eigenvalue weighted by Crippen LogP contribution is -2.25. The molecular formula is C14H21Br. The molecule has 0 amide bonds. The third kappa shape index (κ3) is 3.34. The summed E-state index contributed by atoms with van der Waals surface area (Å²) in [5.74, 6) is 0. The van der Waals surface area contributed by atoms with Crippen LogP contribution in [0.25, 0.3) is 0 Å². The van der Waals surface area contributed by atoms with Crippen LogP contribution >= 0.6 is 15.9 Å². The molecule has 84 valence electrons. The fourth-order valence-corrected chi connectivity index (χ4v) is 2.20. The van der Waals surface area contributed by atoms with Gasteiger partial charge in [0.15, 0.2) is 0 Å². The molecule has 1 atom stereocenters. The van der Waals surface area contributed by atoms with Crippen molar-refractivity contribution in [2.24, 2.45) is 5.41 Å². The second kappa shape index (κ2) is 5.16. The minimum atomic E-state index is 0.363. The lowest BCUT2D eigenvalue weighted by Gasteiger charge is -2.29. The summed E-state index contributed by atoms with van der Waals surface area (Å²) in [5.41, 5.74) is 3.22. The lowest BCUT2D eigenvalue weighted by atomic mass is 9.83. The van der Waals surface area contributed by atoms with Gasteiger partial charge in [0, 0.05) is 4.83 Å². The van der Waals surface area contributed by atoms with Crippen LogP contribution in [0.3, 0.4) is 0 Å². The van der Waals surface area contributed by atoms with Crippen LogP contribution < -0.4 is 0 Å². The molecule has 1 heteroatoms. The largest absolute Gasteiger partial charge is 0.0881 e. The van der Waals surface area contributed by atoms with Gasteiger partial charge in [-0.05, 0) is 36.3 Å². The molecule has 0 aliphatic heterocycles. The van der Waals surface area contributed by atoms with Crippen molar-refractivity contribution in [3.8, 4) is 0 Å². The molecule has 1 unspecified atom stereocenters. The van der Waals surface area contributed by atoms with Crippen LogP contribution in [0, 0.1) is 12.3 Å². The van der Waals surface area contributed by atoms with E-state index in [0.29, 0.717) is 10.2 Å². The predicted octanol–water partition coefficient (Wildman–Crippen LogP) is 4.74. The van der Waals surface area contributed by atoms with E-state index in [9.17, 15) is 0 Å². The van der Waals surface area contributed by atoms with Crippen LogP contribution in [0.4, 0.5) is 0 Å². The first kappa shape index (κ1) is 12.8. The first-order chi connectivity index (χ1) is 6.97. The summed E-state index contributed by atoms with van der Waals surface area (Å²) in [6.45, 7) is 9.09. The van der Waals surface area contributed by atoms with Crippen molar-refractivity contribution in [3.05, 3.63) is 35.4 Å². The van der Waals surface area contributed by atoms with Gasteiger partial charge in [-0.25, -0.2) is 0 Å². The van der Waals surface area contributed by atoms with Gasteiger partial charge < -0.3 is 0 Å². The summed E-state index contributed by atoms with van der Waals surface area (Å²) in [6.07, 6.45) is 2.32. The highest BCUT2D eigenvalue weighted by atomic mass is 79.9. The molecule has 0 aliphatic carbocycles. The lowest BCUT2D eigenvalue weighted by molar-refractivity contribution is 0.339. The Bertz CT molecular complexity index is 315. The monoisotopic (exact) mass is 268 g/mol. The Morgan fingerprint density at radius 3 is 2.40 bits per heavy atom. The molecule has 0 saturated heterocycles. The molecule has 0 saturated carbocycles. The summed E-state index contributed by atoms with van der Waals surface area (Å²) in [7, 11) is 0. The summed E-state index contributed by atoms with van der Waals surface area (Å²) < 4.78 is 0. The molecule has 0 heterocycles. The molecule has 15 heavy (non-hydrogen) atoms. The Morgan fingerprint density at radius 2 is 1.87 bits per heavy atom. The van der Waals surface area contributed by atoms with Crippen molar-refractivity contribution in [3.63, 3.8) is 0 Å². The van der Waals surface area contributed by atoms with Gasteiger partial charge in [0.25, 0.3) is 0 Å². The van der Waals surface area contributed by atoms with Crippen LogP contribution in [-0.4, -0.2) is 4.83 Å². The topological polar surface area (TPSA) is 0 Å². The molecule has 1 aromatic rings. The number of hydrogen-bond acceptors (Lipinski definition) is 0. The van der Waals surface area contributed by atoms with E-state index < -0.39 is 0 Å². The maximum atomic E-state index is 3.83. The number of hydrogen-bond donors (Lipinski definition) is 0. The van der Waals surface area contributed by atoms with Gasteiger partial charge in [0.2, 0.25) is 0 Å². The average molecular weight is 269 g/mol. The van der Waals surface area contributed by atoms with Crippen LogP contribution in [0.2, 0.25) is 0 Å². The molecule has 0 fully saturated rings. The van der Waals surface area contributed by atoms with Crippen LogP contribution in [0.15, 0.2) is 24.3 Å². The Kier molecular flexibility index (Phi) is 4.39. The minimum Gasteiger partial charge on any atom is -0.0881 e. The van der Waals surface area contributed by atoms with Crippen molar-refractivity contribution in [1.29, 1.82) is 0 Å². The molecule has 0 aliphatic rings. The highest BCUT2D eigenvalue weighted by molar-refractivity contribution is 9.09. The summed E-state index contributed by atoms with van der Waals surface area (Å²) >= 11 is 3.83. The molecule has 1 aromatic carbocycles. The summed E-state index contributed by atoms with van der Waals surface area (Å²) in [4.78, 5) is 0.552. The average Bonchev–Trinajstić information content (AvgIpc) is 2.21. The van der Waals surface area contributed by atoms with E-state index in [4.69, 9.17) is 0 Å². The van der Waals surface area contributed by atoms with Crippen molar-refractivity contribution >= 4 is 15.9 Å².